The quantitative estimate of drug-likeness (QED) is 0.510. The third-order valence-electron chi connectivity index (χ3n) is 5.45. The molecule has 0 spiro atoms. The number of ether oxygens (including phenoxy) is 2. The summed E-state index contributed by atoms with van der Waals surface area (Å²) in [5, 5.41) is 0. The predicted octanol–water partition coefficient (Wildman–Crippen LogP) is 5.86. The molecule has 0 atom stereocenters. The van der Waals surface area contributed by atoms with Gasteiger partial charge in [0.1, 0.15) is 18.0 Å². The second-order valence-electron chi connectivity index (χ2n) is 9.13. The van der Waals surface area contributed by atoms with Crippen LogP contribution >= 0.6 is 15.9 Å². The Morgan fingerprint density at radius 2 is 1.81 bits per heavy atom. The Kier molecular flexibility index (Phi) is 8.00. The molecule has 2 aromatic rings. The van der Waals surface area contributed by atoms with Crippen LogP contribution in [-0.2, 0) is 17.9 Å². The van der Waals surface area contributed by atoms with Gasteiger partial charge in [-0.15, -0.1) is 0 Å². The van der Waals surface area contributed by atoms with Crippen molar-refractivity contribution in [2.75, 3.05) is 20.1 Å². The van der Waals surface area contributed by atoms with E-state index in [1.165, 1.54) is 5.56 Å². The van der Waals surface area contributed by atoms with Crippen LogP contribution in [0.5, 0.6) is 5.75 Å². The molecule has 3 rings (SSSR count). The van der Waals surface area contributed by atoms with E-state index in [1.807, 2.05) is 58.2 Å². The molecule has 1 fully saturated rings. The average Bonchev–Trinajstić information content (AvgIpc) is 2.73. The average molecular weight is 489 g/mol. The molecule has 1 amide bonds. The van der Waals surface area contributed by atoms with Crippen LogP contribution in [0, 0.1) is 0 Å². The minimum absolute atomic E-state index is 0.225. The molecule has 0 radical (unpaired) electrons. The smallest absolute Gasteiger partial charge is 0.410 e. The Hall–Kier alpha value is -2.05. The Balaban J connectivity index is 1.48. The number of halogens is 1. The SMILES string of the molecule is CN(C(=O)OC(C)(C)C)C1CCN(Cc2ccc(OCc3ccccc3)cc2Br)CC1. The summed E-state index contributed by atoms with van der Waals surface area (Å²) in [5.41, 5.74) is 1.93. The lowest BCUT2D eigenvalue weighted by atomic mass is 10.0. The number of benzene rings is 2. The van der Waals surface area contributed by atoms with E-state index in [-0.39, 0.29) is 12.1 Å². The van der Waals surface area contributed by atoms with Crippen molar-refractivity contribution in [3.8, 4) is 5.75 Å². The van der Waals surface area contributed by atoms with Crippen LogP contribution in [-0.4, -0.2) is 47.7 Å². The molecule has 1 aliphatic heterocycles. The molecule has 2 aromatic carbocycles. The van der Waals surface area contributed by atoms with E-state index >= 15 is 0 Å². The molecule has 6 heteroatoms. The van der Waals surface area contributed by atoms with Crippen molar-refractivity contribution in [1.82, 2.24) is 9.80 Å². The maximum absolute atomic E-state index is 12.3. The van der Waals surface area contributed by atoms with Gasteiger partial charge in [-0.05, 0) is 56.9 Å². The summed E-state index contributed by atoms with van der Waals surface area (Å²) in [6, 6.07) is 16.6. The molecule has 31 heavy (non-hydrogen) atoms. The highest BCUT2D eigenvalue weighted by atomic mass is 79.9. The maximum atomic E-state index is 12.3. The molecular formula is C25H33BrN2O3. The van der Waals surface area contributed by atoms with Gasteiger partial charge in [0, 0.05) is 37.2 Å². The number of carbonyl (C=O) groups is 1. The Labute approximate surface area is 194 Å². The Morgan fingerprint density at radius 1 is 1.13 bits per heavy atom. The summed E-state index contributed by atoms with van der Waals surface area (Å²) in [7, 11) is 1.85. The lowest BCUT2D eigenvalue weighted by molar-refractivity contribution is 0.0149. The maximum Gasteiger partial charge on any atom is 0.410 e. The molecule has 1 saturated heterocycles. The lowest BCUT2D eigenvalue weighted by Gasteiger charge is -2.37. The highest BCUT2D eigenvalue weighted by Crippen LogP contribution is 2.27. The molecule has 0 bridgehead atoms. The normalized spacial score (nSPS) is 15.5. The number of carbonyl (C=O) groups excluding carboxylic acids is 1. The fourth-order valence-electron chi connectivity index (χ4n) is 3.68. The number of amides is 1. The number of likely N-dealkylation sites (tertiary alicyclic amines) is 1. The summed E-state index contributed by atoms with van der Waals surface area (Å²) in [6.07, 6.45) is 1.66. The first-order valence-corrected chi connectivity index (χ1v) is 11.6. The third-order valence-corrected chi connectivity index (χ3v) is 6.19. The van der Waals surface area contributed by atoms with Gasteiger partial charge in [-0.2, -0.15) is 0 Å². The zero-order valence-corrected chi connectivity index (χ0v) is 20.5. The molecule has 0 N–H and O–H groups in total. The van der Waals surface area contributed by atoms with Crippen LogP contribution in [0.3, 0.4) is 0 Å². The molecule has 0 unspecified atom stereocenters. The van der Waals surface area contributed by atoms with Crippen LogP contribution in [0.2, 0.25) is 0 Å². The number of piperidine rings is 1. The first-order valence-electron chi connectivity index (χ1n) is 10.8. The largest absolute Gasteiger partial charge is 0.489 e. The van der Waals surface area contributed by atoms with Gasteiger partial charge >= 0.3 is 6.09 Å². The zero-order chi connectivity index (χ0) is 22.4. The predicted molar refractivity (Wildman–Crippen MR) is 127 cm³/mol. The summed E-state index contributed by atoms with van der Waals surface area (Å²) in [5.74, 6) is 0.858. The number of rotatable bonds is 6. The molecule has 0 aliphatic carbocycles. The van der Waals surface area contributed by atoms with E-state index in [9.17, 15) is 4.79 Å². The van der Waals surface area contributed by atoms with Gasteiger partial charge < -0.3 is 14.4 Å². The van der Waals surface area contributed by atoms with E-state index in [2.05, 4.69) is 39.0 Å². The Morgan fingerprint density at radius 3 is 2.42 bits per heavy atom. The highest BCUT2D eigenvalue weighted by molar-refractivity contribution is 9.10. The lowest BCUT2D eigenvalue weighted by Crippen LogP contribution is -2.46. The summed E-state index contributed by atoms with van der Waals surface area (Å²) in [6.45, 7) is 9.05. The van der Waals surface area contributed by atoms with E-state index in [0.717, 1.165) is 48.3 Å². The minimum Gasteiger partial charge on any atom is -0.489 e. The van der Waals surface area contributed by atoms with Crippen molar-refractivity contribution >= 4 is 22.0 Å². The van der Waals surface area contributed by atoms with E-state index in [1.54, 1.807) is 4.90 Å². The van der Waals surface area contributed by atoms with Crippen LogP contribution in [0.15, 0.2) is 53.0 Å². The first kappa shape index (κ1) is 23.6. The molecule has 0 aromatic heterocycles. The van der Waals surface area contributed by atoms with Crippen molar-refractivity contribution in [2.24, 2.45) is 0 Å². The molecule has 168 valence electrons. The molecule has 1 heterocycles. The van der Waals surface area contributed by atoms with E-state index < -0.39 is 5.60 Å². The van der Waals surface area contributed by atoms with Gasteiger partial charge in [0.15, 0.2) is 0 Å². The number of nitrogens with zero attached hydrogens (tertiary/aromatic N) is 2. The van der Waals surface area contributed by atoms with Gasteiger partial charge in [-0.1, -0.05) is 52.3 Å². The fraction of sp³-hybridized carbons (Fsp3) is 0.480. The first-order chi connectivity index (χ1) is 14.7. The highest BCUT2D eigenvalue weighted by Gasteiger charge is 2.28. The molecule has 1 aliphatic rings. The molecule has 0 saturated carbocycles. The number of hydrogen-bond donors (Lipinski definition) is 0. The van der Waals surface area contributed by atoms with Crippen molar-refractivity contribution < 1.29 is 14.3 Å². The van der Waals surface area contributed by atoms with Crippen molar-refractivity contribution in [1.29, 1.82) is 0 Å². The van der Waals surface area contributed by atoms with Gasteiger partial charge in [-0.3, -0.25) is 4.90 Å². The monoisotopic (exact) mass is 488 g/mol. The van der Waals surface area contributed by atoms with Gasteiger partial charge in [0.25, 0.3) is 0 Å². The van der Waals surface area contributed by atoms with E-state index in [4.69, 9.17) is 9.47 Å². The summed E-state index contributed by atoms with van der Waals surface area (Å²) < 4.78 is 12.5. The van der Waals surface area contributed by atoms with Crippen molar-refractivity contribution in [3.63, 3.8) is 0 Å². The molecular weight excluding hydrogens is 456 g/mol. The van der Waals surface area contributed by atoms with Crippen LogP contribution in [0.25, 0.3) is 0 Å². The van der Waals surface area contributed by atoms with Crippen molar-refractivity contribution in [3.05, 3.63) is 64.1 Å². The topological polar surface area (TPSA) is 42.0 Å². The summed E-state index contributed by atoms with van der Waals surface area (Å²) in [4.78, 5) is 16.5. The van der Waals surface area contributed by atoms with Gasteiger partial charge in [-0.25, -0.2) is 4.79 Å². The van der Waals surface area contributed by atoms with Crippen molar-refractivity contribution in [2.45, 2.75) is 58.4 Å². The van der Waals surface area contributed by atoms with Gasteiger partial charge in [0.05, 0.1) is 0 Å². The zero-order valence-electron chi connectivity index (χ0n) is 18.9. The standard InChI is InChI=1S/C25H33BrN2O3/c1-25(2,3)31-24(29)27(4)21-12-14-28(15-13-21)17-20-10-11-22(16-23(20)26)30-18-19-8-6-5-7-9-19/h5-11,16,21H,12-15,17-18H2,1-4H3. The fourth-order valence-corrected chi connectivity index (χ4v) is 4.16. The van der Waals surface area contributed by atoms with Crippen LogP contribution < -0.4 is 4.74 Å². The second-order valence-corrected chi connectivity index (χ2v) is 9.98. The Bertz CT molecular complexity index is 859. The number of hydrogen-bond acceptors (Lipinski definition) is 4. The van der Waals surface area contributed by atoms with Crippen LogP contribution in [0.1, 0.15) is 44.7 Å². The summed E-state index contributed by atoms with van der Waals surface area (Å²) >= 11 is 3.71. The van der Waals surface area contributed by atoms with Crippen LogP contribution in [0.4, 0.5) is 4.79 Å². The molecule has 5 nitrogen and oxygen atoms in total. The van der Waals surface area contributed by atoms with Gasteiger partial charge in [0.2, 0.25) is 0 Å². The third kappa shape index (κ3) is 7.25. The minimum atomic E-state index is -0.463. The van der Waals surface area contributed by atoms with E-state index in [0.29, 0.717) is 6.61 Å². The second kappa shape index (κ2) is 10.5.